The lowest BCUT2D eigenvalue weighted by molar-refractivity contribution is 0.0564. The molecule has 1 unspecified atom stereocenters. The van der Waals surface area contributed by atoms with Crippen LogP contribution in [-0.2, 0) is 8.85 Å². The predicted octanol–water partition coefficient (Wildman–Crippen LogP) is 4.28. The smallest absolute Gasteiger partial charge is 0.321 e. The van der Waals surface area contributed by atoms with Crippen molar-refractivity contribution < 1.29 is 8.85 Å². The molecule has 0 spiro atoms. The average molecular weight is 285 g/mol. The Kier molecular flexibility index (Phi) is 5.13. The molecule has 112 valence electrons. The zero-order valence-electron chi connectivity index (χ0n) is 13.3. The maximum atomic E-state index is 5.65. The predicted molar refractivity (Wildman–Crippen MR) is 82.6 cm³/mol. The number of hydrogen-bond acceptors (Lipinski definition) is 2. The van der Waals surface area contributed by atoms with E-state index in [4.69, 9.17) is 8.85 Å². The van der Waals surface area contributed by atoms with E-state index in [9.17, 15) is 0 Å². The summed E-state index contributed by atoms with van der Waals surface area (Å²) in [5.74, 6) is 1.03. The highest BCUT2D eigenvalue weighted by atomic mass is 28.3. The van der Waals surface area contributed by atoms with Gasteiger partial charge in [-0.2, -0.15) is 0 Å². The molecule has 0 heterocycles. The minimum atomic E-state index is -1.46. The van der Waals surface area contributed by atoms with Crippen LogP contribution in [0.1, 0.15) is 65.2 Å². The standard InChI is InChI=1S/C16H32O2Si/c1-5-6-9-15(2,13-19(17-3)18-4)16-10-7-14(12-16)8-11-16/h14,19H,5-13H2,1-4H3. The van der Waals surface area contributed by atoms with Crippen LogP contribution in [0.3, 0.4) is 0 Å². The fourth-order valence-electron chi connectivity index (χ4n) is 4.82. The molecule has 0 amide bonds. The van der Waals surface area contributed by atoms with Crippen LogP contribution in [0.15, 0.2) is 0 Å². The van der Waals surface area contributed by atoms with Gasteiger partial charge in [0, 0.05) is 14.2 Å². The fraction of sp³-hybridized carbons (Fsp3) is 1.00. The number of fused-ring (bicyclic) bond motifs is 2. The molecule has 0 aromatic carbocycles. The Balaban J connectivity index is 2.13. The summed E-state index contributed by atoms with van der Waals surface area (Å²) in [6.07, 6.45) is 11.4. The molecule has 2 aliphatic rings. The summed E-state index contributed by atoms with van der Waals surface area (Å²) >= 11 is 0. The third kappa shape index (κ3) is 2.93. The fourth-order valence-corrected chi connectivity index (χ4v) is 6.72. The van der Waals surface area contributed by atoms with Gasteiger partial charge in [-0.25, -0.2) is 0 Å². The maximum Gasteiger partial charge on any atom is 0.321 e. The van der Waals surface area contributed by atoms with Crippen LogP contribution in [-0.4, -0.2) is 23.5 Å². The Labute approximate surface area is 121 Å². The van der Waals surface area contributed by atoms with Gasteiger partial charge < -0.3 is 8.85 Å². The van der Waals surface area contributed by atoms with E-state index < -0.39 is 9.28 Å². The van der Waals surface area contributed by atoms with Crippen LogP contribution < -0.4 is 0 Å². The molecule has 1 atom stereocenters. The van der Waals surface area contributed by atoms with Crippen molar-refractivity contribution in [3.8, 4) is 0 Å². The SMILES string of the molecule is CCCCC(C)(C[SiH](OC)OC)C12CCC(CC1)C2. The molecule has 2 aliphatic carbocycles. The zero-order valence-corrected chi connectivity index (χ0v) is 14.5. The molecule has 3 heteroatoms. The minimum absolute atomic E-state index is 0.456. The van der Waals surface area contributed by atoms with Crippen molar-refractivity contribution in [2.75, 3.05) is 14.2 Å². The van der Waals surface area contributed by atoms with E-state index in [0.717, 1.165) is 5.92 Å². The van der Waals surface area contributed by atoms with Gasteiger partial charge in [-0.05, 0) is 61.3 Å². The number of hydrogen-bond donors (Lipinski definition) is 0. The van der Waals surface area contributed by atoms with Crippen LogP contribution in [0.4, 0.5) is 0 Å². The van der Waals surface area contributed by atoms with Crippen molar-refractivity contribution in [2.24, 2.45) is 16.7 Å². The zero-order chi connectivity index (χ0) is 13.9. The Morgan fingerprint density at radius 3 is 2.26 bits per heavy atom. The molecule has 0 aromatic rings. The lowest BCUT2D eigenvalue weighted by Crippen LogP contribution is -2.41. The molecule has 2 rings (SSSR count). The normalized spacial score (nSPS) is 33.0. The second kappa shape index (κ2) is 6.27. The maximum absolute atomic E-state index is 5.65. The summed E-state index contributed by atoms with van der Waals surface area (Å²) in [6.45, 7) is 4.86. The summed E-state index contributed by atoms with van der Waals surface area (Å²) in [5, 5.41) is 0. The molecule has 0 aromatic heterocycles. The topological polar surface area (TPSA) is 18.5 Å². The van der Waals surface area contributed by atoms with Crippen LogP contribution in [0.2, 0.25) is 6.04 Å². The Hall–Kier alpha value is 0.137. The first-order valence-corrected chi connectivity index (χ1v) is 9.91. The molecule has 0 aliphatic heterocycles. The van der Waals surface area contributed by atoms with E-state index in [1.807, 2.05) is 14.2 Å². The van der Waals surface area contributed by atoms with Crippen LogP contribution in [0.25, 0.3) is 0 Å². The largest absolute Gasteiger partial charge is 0.400 e. The highest BCUT2D eigenvalue weighted by molar-refractivity contribution is 6.44. The van der Waals surface area contributed by atoms with E-state index in [1.54, 1.807) is 0 Å². The second-order valence-corrected chi connectivity index (χ2v) is 9.41. The van der Waals surface area contributed by atoms with Crippen molar-refractivity contribution in [3.63, 3.8) is 0 Å². The van der Waals surface area contributed by atoms with Gasteiger partial charge in [0.2, 0.25) is 0 Å². The molecule has 0 radical (unpaired) electrons. The molecule has 0 saturated heterocycles. The van der Waals surface area contributed by atoms with Crippen LogP contribution in [0, 0.1) is 16.7 Å². The highest BCUT2D eigenvalue weighted by Crippen LogP contribution is 2.65. The van der Waals surface area contributed by atoms with Gasteiger partial charge in [-0.3, -0.25) is 0 Å². The van der Waals surface area contributed by atoms with Crippen molar-refractivity contribution in [3.05, 3.63) is 0 Å². The summed E-state index contributed by atoms with van der Waals surface area (Å²) in [6, 6.07) is 1.20. The lowest BCUT2D eigenvalue weighted by Gasteiger charge is -2.47. The second-order valence-electron chi connectivity index (χ2n) is 7.20. The molecule has 0 N–H and O–H groups in total. The third-order valence-corrected chi connectivity index (χ3v) is 8.53. The van der Waals surface area contributed by atoms with E-state index in [0.29, 0.717) is 10.8 Å². The number of rotatable bonds is 8. The van der Waals surface area contributed by atoms with Crippen LogP contribution in [0.5, 0.6) is 0 Å². The monoisotopic (exact) mass is 284 g/mol. The van der Waals surface area contributed by atoms with Crippen molar-refractivity contribution in [1.29, 1.82) is 0 Å². The van der Waals surface area contributed by atoms with E-state index >= 15 is 0 Å². The van der Waals surface area contributed by atoms with Gasteiger partial charge >= 0.3 is 9.28 Å². The molecular weight excluding hydrogens is 252 g/mol. The summed E-state index contributed by atoms with van der Waals surface area (Å²) in [5.41, 5.74) is 1.08. The van der Waals surface area contributed by atoms with Gasteiger partial charge in [-0.15, -0.1) is 0 Å². The first kappa shape index (κ1) is 15.5. The quantitative estimate of drug-likeness (QED) is 0.620. The van der Waals surface area contributed by atoms with Gasteiger partial charge in [-0.1, -0.05) is 26.7 Å². The van der Waals surface area contributed by atoms with E-state index in [1.165, 1.54) is 57.4 Å². The van der Waals surface area contributed by atoms with E-state index in [-0.39, 0.29) is 0 Å². The van der Waals surface area contributed by atoms with Crippen molar-refractivity contribution >= 4 is 9.28 Å². The Morgan fingerprint density at radius 2 is 1.84 bits per heavy atom. The van der Waals surface area contributed by atoms with Gasteiger partial charge in [0.25, 0.3) is 0 Å². The molecular formula is C16H32O2Si. The van der Waals surface area contributed by atoms with Gasteiger partial charge in [0.15, 0.2) is 0 Å². The highest BCUT2D eigenvalue weighted by Gasteiger charge is 2.55. The minimum Gasteiger partial charge on any atom is -0.400 e. The molecule has 2 nitrogen and oxygen atoms in total. The number of unbranched alkanes of at least 4 members (excludes halogenated alkanes) is 1. The Morgan fingerprint density at radius 1 is 1.21 bits per heavy atom. The molecule has 2 bridgehead atoms. The van der Waals surface area contributed by atoms with Gasteiger partial charge in [0.1, 0.15) is 0 Å². The lowest BCUT2D eigenvalue weighted by atomic mass is 9.61. The van der Waals surface area contributed by atoms with Crippen molar-refractivity contribution in [1.82, 2.24) is 0 Å². The third-order valence-electron chi connectivity index (χ3n) is 6.25. The van der Waals surface area contributed by atoms with E-state index in [2.05, 4.69) is 13.8 Å². The average Bonchev–Trinajstić information content (AvgIpc) is 3.05. The molecule has 19 heavy (non-hydrogen) atoms. The first-order chi connectivity index (χ1) is 9.09. The Bertz CT molecular complexity index is 282. The summed E-state index contributed by atoms with van der Waals surface area (Å²) in [7, 11) is 2.22. The molecule has 2 saturated carbocycles. The molecule has 2 fully saturated rings. The van der Waals surface area contributed by atoms with Gasteiger partial charge in [0.05, 0.1) is 0 Å². The first-order valence-electron chi connectivity index (χ1n) is 8.15. The summed E-state index contributed by atoms with van der Waals surface area (Å²) in [4.78, 5) is 0. The summed E-state index contributed by atoms with van der Waals surface area (Å²) < 4.78 is 11.3. The van der Waals surface area contributed by atoms with Crippen LogP contribution >= 0.6 is 0 Å². The van der Waals surface area contributed by atoms with Crippen molar-refractivity contribution in [2.45, 2.75) is 71.3 Å².